The van der Waals surface area contributed by atoms with Gasteiger partial charge in [0, 0.05) is 12.6 Å². The molecule has 0 saturated carbocycles. The van der Waals surface area contributed by atoms with Crippen LogP contribution < -0.4 is 11.1 Å². The smallest absolute Gasteiger partial charge is 0.288 e. The fraction of sp³-hybridized carbons (Fsp3) is 0.143. The van der Waals surface area contributed by atoms with Crippen molar-refractivity contribution in [2.45, 2.75) is 19.4 Å². The molecule has 3 N–H and O–H groups in total. The zero-order valence-electron chi connectivity index (χ0n) is 15.2. The zero-order chi connectivity index (χ0) is 20.1. The van der Waals surface area contributed by atoms with E-state index < -0.39 is 23.6 Å². The standard InChI is InChI=1S/C21H19N3O4/c1-13-12-28-19(17(13)15-9-5-6-10-23-15)21(27)24-16(18(25)20(22)26)11-14-7-3-2-4-8-14/h2-10,12,16H,11H2,1H3,(H2,22,26)(H,24,27). The van der Waals surface area contributed by atoms with Crippen LogP contribution in [0.3, 0.4) is 0 Å². The van der Waals surface area contributed by atoms with Gasteiger partial charge in [0.15, 0.2) is 0 Å². The van der Waals surface area contributed by atoms with Crippen molar-refractivity contribution in [1.82, 2.24) is 10.3 Å². The monoisotopic (exact) mass is 377 g/mol. The third kappa shape index (κ3) is 4.15. The van der Waals surface area contributed by atoms with Gasteiger partial charge in [0.05, 0.1) is 17.5 Å². The minimum absolute atomic E-state index is 0.0199. The summed E-state index contributed by atoms with van der Waals surface area (Å²) in [5, 5.41) is 2.58. The number of nitrogens with zero attached hydrogens (tertiary/aromatic N) is 1. The Balaban J connectivity index is 1.89. The second kappa shape index (κ2) is 8.30. The van der Waals surface area contributed by atoms with E-state index in [4.69, 9.17) is 10.2 Å². The van der Waals surface area contributed by atoms with Gasteiger partial charge in [0.1, 0.15) is 6.04 Å². The summed E-state index contributed by atoms with van der Waals surface area (Å²) in [6.45, 7) is 1.79. The van der Waals surface area contributed by atoms with Gasteiger partial charge in [0.25, 0.3) is 11.8 Å². The van der Waals surface area contributed by atoms with Crippen LogP contribution in [-0.2, 0) is 16.0 Å². The molecule has 0 aliphatic carbocycles. The largest absolute Gasteiger partial charge is 0.458 e. The molecule has 0 saturated heterocycles. The molecule has 0 bridgehead atoms. The Bertz CT molecular complexity index is 997. The van der Waals surface area contributed by atoms with Crippen molar-refractivity contribution in [3.8, 4) is 11.3 Å². The number of ketones is 1. The normalized spacial score (nSPS) is 11.6. The van der Waals surface area contributed by atoms with E-state index >= 15 is 0 Å². The number of nitrogens with one attached hydrogen (secondary N) is 1. The molecule has 2 aromatic heterocycles. The number of furan rings is 1. The van der Waals surface area contributed by atoms with Crippen molar-refractivity contribution < 1.29 is 18.8 Å². The Morgan fingerprint density at radius 2 is 1.82 bits per heavy atom. The first-order valence-electron chi connectivity index (χ1n) is 8.65. The zero-order valence-corrected chi connectivity index (χ0v) is 15.2. The van der Waals surface area contributed by atoms with Crippen LogP contribution in [0.4, 0.5) is 0 Å². The second-order valence-corrected chi connectivity index (χ2v) is 6.28. The van der Waals surface area contributed by atoms with Gasteiger partial charge in [0.2, 0.25) is 11.5 Å². The Hall–Kier alpha value is -3.74. The number of hydrogen-bond acceptors (Lipinski definition) is 5. The number of hydrogen-bond donors (Lipinski definition) is 2. The fourth-order valence-electron chi connectivity index (χ4n) is 2.89. The van der Waals surface area contributed by atoms with Crippen LogP contribution >= 0.6 is 0 Å². The van der Waals surface area contributed by atoms with E-state index in [1.807, 2.05) is 6.07 Å². The molecule has 0 fully saturated rings. The van der Waals surface area contributed by atoms with Gasteiger partial charge in [-0.1, -0.05) is 36.4 Å². The molecule has 2 amide bonds. The van der Waals surface area contributed by atoms with Crippen LogP contribution in [0.1, 0.15) is 21.7 Å². The van der Waals surface area contributed by atoms with Crippen molar-refractivity contribution in [3.05, 3.63) is 77.9 Å². The molecule has 0 aliphatic rings. The highest BCUT2D eigenvalue weighted by molar-refractivity contribution is 6.38. The van der Waals surface area contributed by atoms with Crippen molar-refractivity contribution in [3.63, 3.8) is 0 Å². The molecule has 3 aromatic rings. The molecular formula is C21H19N3O4. The van der Waals surface area contributed by atoms with Gasteiger partial charge in [-0.25, -0.2) is 0 Å². The molecule has 28 heavy (non-hydrogen) atoms. The maximum Gasteiger partial charge on any atom is 0.288 e. The van der Waals surface area contributed by atoms with Crippen molar-refractivity contribution >= 4 is 17.6 Å². The SMILES string of the molecule is Cc1coc(C(=O)NC(Cc2ccccc2)C(=O)C(N)=O)c1-c1ccccn1. The molecule has 7 heteroatoms. The lowest BCUT2D eigenvalue weighted by molar-refractivity contribution is -0.137. The van der Waals surface area contributed by atoms with Gasteiger partial charge in [-0.05, 0) is 30.2 Å². The van der Waals surface area contributed by atoms with E-state index in [0.717, 1.165) is 11.1 Å². The van der Waals surface area contributed by atoms with Gasteiger partial charge < -0.3 is 15.5 Å². The van der Waals surface area contributed by atoms with E-state index in [1.165, 1.54) is 6.26 Å². The average Bonchev–Trinajstić information content (AvgIpc) is 3.09. The first-order chi connectivity index (χ1) is 13.5. The maximum atomic E-state index is 12.8. The van der Waals surface area contributed by atoms with Crippen molar-refractivity contribution in [1.29, 1.82) is 0 Å². The summed E-state index contributed by atoms with van der Waals surface area (Å²) < 4.78 is 5.42. The molecule has 3 rings (SSSR count). The number of rotatable bonds is 7. The first kappa shape index (κ1) is 19.0. The predicted molar refractivity (Wildman–Crippen MR) is 102 cm³/mol. The molecule has 1 unspecified atom stereocenters. The molecule has 0 spiro atoms. The van der Waals surface area contributed by atoms with Crippen molar-refractivity contribution in [2.75, 3.05) is 0 Å². The number of benzene rings is 1. The summed E-state index contributed by atoms with van der Waals surface area (Å²) in [6, 6.07) is 13.2. The minimum atomic E-state index is -1.11. The third-order valence-electron chi connectivity index (χ3n) is 4.25. The van der Waals surface area contributed by atoms with Gasteiger partial charge in [-0.2, -0.15) is 0 Å². The number of primary amides is 1. The van der Waals surface area contributed by atoms with E-state index in [2.05, 4.69) is 10.3 Å². The lowest BCUT2D eigenvalue weighted by Gasteiger charge is -2.16. The summed E-state index contributed by atoms with van der Waals surface area (Å²) in [5.74, 6) is -2.59. The third-order valence-corrected chi connectivity index (χ3v) is 4.25. The molecule has 0 radical (unpaired) electrons. The molecule has 1 aromatic carbocycles. The number of Topliss-reactive ketones (excluding diaryl/α,β-unsaturated/α-hetero) is 1. The fourth-order valence-corrected chi connectivity index (χ4v) is 2.89. The van der Waals surface area contributed by atoms with E-state index in [-0.39, 0.29) is 12.2 Å². The van der Waals surface area contributed by atoms with Crippen LogP contribution in [0.25, 0.3) is 11.3 Å². The number of pyridine rings is 1. The molecule has 0 aliphatic heterocycles. The summed E-state index contributed by atoms with van der Waals surface area (Å²) in [7, 11) is 0. The number of aromatic nitrogens is 1. The highest BCUT2D eigenvalue weighted by Crippen LogP contribution is 2.27. The minimum Gasteiger partial charge on any atom is -0.458 e. The van der Waals surface area contributed by atoms with Crippen LogP contribution in [0.5, 0.6) is 0 Å². The highest BCUT2D eigenvalue weighted by atomic mass is 16.3. The van der Waals surface area contributed by atoms with Crippen LogP contribution in [0.15, 0.2) is 65.4 Å². The Labute approximate surface area is 161 Å². The number of amides is 2. The Morgan fingerprint density at radius 1 is 1.11 bits per heavy atom. The van der Waals surface area contributed by atoms with E-state index in [9.17, 15) is 14.4 Å². The number of aryl methyl sites for hydroxylation is 1. The van der Waals surface area contributed by atoms with Crippen molar-refractivity contribution in [2.24, 2.45) is 5.73 Å². The van der Waals surface area contributed by atoms with Gasteiger partial charge in [-0.3, -0.25) is 19.4 Å². The Kier molecular flexibility index (Phi) is 5.64. The molecule has 1 atom stereocenters. The predicted octanol–water partition coefficient (Wildman–Crippen LogP) is 2.05. The quantitative estimate of drug-likeness (QED) is 0.612. The number of carbonyl (C=O) groups is 3. The topological polar surface area (TPSA) is 115 Å². The lowest BCUT2D eigenvalue weighted by atomic mass is 10.0. The molecule has 2 heterocycles. The van der Waals surface area contributed by atoms with E-state index in [1.54, 1.807) is 55.6 Å². The van der Waals surface area contributed by atoms with Crippen LogP contribution in [-0.4, -0.2) is 28.6 Å². The molecule has 142 valence electrons. The van der Waals surface area contributed by atoms with E-state index in [0.29, 0.717) is 11.3 Å². The highest BCUT2D eigenvalue weighted by Gasteiger charge is 2.28. The summed E-state index contributed by atoms with van der Waals surface area (Å²) in [6.07, 6.45) is 3.19. The number of nitrogens with two attached hydrogens (primary N) is 1. The summed E-state index contributed by atoms with van der Waals surface area (Å²) in [5.41, 5.74) is 7.76. The number of carbonyl (C=O) groups excluding carboxylic acids is 3. The average molecular weight is 377 g/mol. The van der Waals surface area contributed by atoms with Gasteiger partial charge in [-0.15, -0.1) is 0 Å². The summed E-state index contributed by atoms with van der Waals surface area (Å²) >= 11 is 0. The van der Waals surface area contributed by atoms with Gasteiger partial charge >= 0.3 is 0 Å². The summed E-state index contributed by atoms with van der Waals surface area (Å²) in [4.78, 5) is 40.8. The van der Waals surface area contributed by atoms with Crippen LogP contribution in [0.2, 0.25) is 0 Å². The lowest BCUT2D eigenvalue weighted by Crippen LogP contribution is -2.47. The second-order valence-electron chi connectivity index (χ2n) is 6.28. The Morgan fingerprint density at radius 3 is 2.46 bits per heavy atom. The molecular weight excluding hydrogens is 358 g/mol. The molecule has 7 nitrogen and oxygen atoms in total. The van der Waals surface area contributed by atoms with Crippen LogP contribution in [0, 0.1) is 6.92 Å². The maximum absolute atomic E-state index is 12.8. The first-order valence-corrected chi connectivity index (χ1v) is 8.65.